The van der Waals surface area contributed by atoms with Crippen LogP contribution in [0.1, 0.15) is 67.9 Å². The van der Waals surface area contributed by atoms with Crippen LogP contribution < -0.4 is 5.32 Å². The number of ether oxygens (including phenoxy) is 1. The van der Waals surface area contributed by atoms with Crippen molar-refractivity contribution in [2.24, 2.45) is 18.4 Å². The largest absolute Gasteiger partial charge is 0.463 e. The van der Waals surface area contributed by atoms with Crippen molar-refractivity contribution in [3.8, 4) is 0 Å². The van der Waals surface area contributed by atoms with E-state index in [1.54, 1.807) is 45.2 Å². The van der Waals surface area contributed by atoms with Crippen LogP contribution in [0.2, 0.25) is 0 Å². The molecule has 282 valence electrons. The van der Waals surface area contributed by atoms with Gasteiger partial charge in [0.1, 0.15) is 12.1 Å². The number of carbonyl (C=O) groups excluding carboxylic acids is 3. The van der Waals surface area contributed by atoms with Crippen molar-refractivity contribution in [3.05, 3.63) is 71.9 Å². The zero-order valence-corrected chi connectivity index (χ0v) is 34.0. The first-order valence-electron chi connectivity index (χ1n) is 17.4. The number of sulfonamides is 1. The second-order valence-corrected chi connectivity index (χ2v) is 18.5. The molecule has 4 rings (SSSR count). The van der Waals surface area contributed by atoms with Crippen molar-refractivity contribution >= 4 is 60.3 Å². The number of nitrogens with one attached hydrogen (secondary N) is 1. The minimum atomic E-state index is -4.32. The second-order valence-electron chi connectivity index (χ2n) is 15.3. The number of esters is 1. The summed E-state index contributed by atoms with van der Waals surface area (Å²) in [4.78, 5) is 47.9. The van der Waals surface area contributed by atoms with Gasteiger partial charge in [0.2, 0.25) is 16.2 Å². The van der Waals surface area contributed by atoms with E-state index in [9.17, 15) is 22.8 Å². The van der Waals surface area contributed by atoms with E-state index < -0.39 is 50.9 Å². The van der Waals surface area contributed by atoms with Crippen LogP contribution in [0.3, 0.4) is 0 Å². The molecule has 0 unspecified atom stereocenters. The first-order valence-corrected chi connectivity index (χ1v) is 19.7. The third-order valence-electron chi connectivity index (χ3n) is 9.66. The molecule has 0 aliphatic carbocycles. The van der Waals surface area contributed by atoms with Gasteiger partial charge in [-0.15, -0.1) is 11.3 Å². The quantitative estimate of drug-likeness (QED) is 0.126. The fraction of sp³-hybridized carbons (Fsp3) is 0.487. The molecule has 0 bridgehead atoms. The predicted octanol–water partition coefficient (Wildman–Crippen LogP) is 6.28. The number of nitrogens with zero attached hydrogens (tertiary/aromatic N) is 4. The van der Waals surface area contributed by atoms with Gasteiger partial charge in [-0.25, -0.2) is 18.2 Å². The Labute approximate surface area is 312 Å². The molecular weight excluding hydrogens is 699 g/mol. The van der Waals surface area contributed by atoms with Crippen LogP contribution in [0.5, 0.6) is 0 Å². The van der Waals surface area contributed by atoms with Gasteiger partial charge in [0.05, 0.1) is 22.9 Å². The normalized spacial score (nSPS) is 14.8. The highest BCUT2D eigenvalue weighted by Crippen LogP contribution is 2.39. The summed E-state index contributed by atoms with van der Waals surface area (Å²) in [5, 5.41) is 3.90. The lowest BCUT2D eigenvalue weighted by atomic mass is 9.76. The molecule has 11 nitrogen and oxygen atoms in total. The summed E-state index contributed by atoms with van der Waals surface area (Å²) in [5.41, 5.74) is 0.711. The van der Waals surface area contributed by atoms with Crippen LogP contribution in [0.25, 0.3) is 21.1 Å². The van der Waals surface area contributed by atoms with E-state index in [2.05, 4.69) is 10.3 Å². The first kappa shape index (κ1) is 40.7. The molecule has 2 heterocycles. The Morgan fingerprint density at radius 2 is 1.63 bits per heavy atom. The molecule has 52 heavy (non-hydrogen) atoms. The smallest absolute Gasteiger partial charge is 0.333 e. The van der Waals surface area contributed by atoms with E-state index in [1.165, 1.54) is 11.9 Å². The van der Waals surface area contributed by atoms with E-state index >= 15 is 0 Å². The van der Waals surface area contributed by atoms with Gasteiger partial charge < -0.3 is 19.5 Å². The molecule has 0 aliphatic heterocycles. The van der Waals surface area contributed by atoms with Crippen LogP contribution in [0.4, 0.5) is 0 Å². The number of fused-ring (bicyclic) bond motifs is 2. The number of aryl methyl sites for hydroxylation is 1. The highest BCUT2D eigenvalue weighted by molar-refractivity contribution is 7.91. The Hall–Kier alpha value is -4.07. The maximum Gasteiger partial charge on any atom is 0.333 e. The molecule has 1 N–H and O–H groups in total. The number of rotatable bonds is 13. The number of likely N-dealkylation sites (N-methyl/N-ethyl adjacent to an activating group) is 2. The fourth-order valence-electron chi connectivity index (χ4n) is 6.71. The number of hydrogen-bond acceptors (Lipinski definition) is 8. The molecule has 2 aromatic heterocycles. The molecule has 0 fully saturated rings. The van der Waals surface area contributed by atoms with Crippen molar-refractivity contribution in [1.82, 2.24) is 24.1 Å². The van der Waals surface area contributed by atoms with Crippen LogP contribution in [0.15, 0.2) is 70.7 Å². The number of aromatic nitrogens is 2. The summed E-state index contributed by atoms with van der Waals surface area (Å²) in [6, 6.07) is 12.1. The molecule has 13 heteroatoms. The van der Waals surface area contributed by atoms with E-state index in [0.717, 1.165) is 32.1 Å². The first-order chi connectivity index (χ1) is 24.1. The monoisotopic (exact) mass is 751 g/mol. The highest BCUT2D eigenvalue weighted by Gasteiger charge is 2.48. The summed E-state index contributed by atoms with van der Waals surface area (Å²) in [6.45, 7) is 16.7. The Morgan fingerprint density at radius 1 is 1.02 bits per heavy atom. The lowest BCUT2D eigenvalue weighted by Gasteiger charge is -2.41. The van der Waals surface area contributed by atoms with E-state index in [0.29, 0.717) is 15.8 Å². The highest BCUT2D eigenvalue weighted by atomic mass is 32.2. The standard InChI is InChI=1S/C39H53N5O6S2/c1-13-50-36(47)25(4)22-30(24(2)3)43(11)35(46)32(38(5,6)7)41-34(45)33(39(8,9)27-23-42(10)29-20-16-14-18-26(27)29)44(12)52(48,49)37-40-28-19-15-17-21-31(28)51-37/h14-24,30,32-33H,13H2,1-12H3,(H,41,45)/b25-22+/t30-,32-,33-/m1/s1. The predicted molar refractivity (Wildman–Crippen MR) is 207 cm³/mol. The van der Waals surface area contributed by atoms with Gasteiger partial charge in [-0.1, -0.05) is 84.9 Å². The van der Waals surface area contributed by atoms with Crippen molar-refractivity contribution in [2.75, 3.05) is 20.7 Å². The SMILES string of the molecule is CCOC(=O)/C(C)=C/[C@H](C(C)C)N(C)C(=O)[C@@H](NC(=O)[C@@H](N(C)S(=O)(=O)c1nc2ccccc2s1)C(C)(C)c1cn(C)c2ccccc12)C(C)(C)C. The van der Waals surface area contributed by atoms with Gasteiger partial charge in [-0.05, 0) is 48.9 Å². The Morgan fingerprint density at radius 3 is 2.23 bits per heavy atom. The number of benzene rings is 2. The summed E-state index contributed by atoms with van der Waals surface area (Å²) >= 11 is 1.04. The lowest BCUT2D eigenvalue weighted by Crippen LogP contribution is -2.62. The number of para-hydroxylation sites is 2. The second kappa shape index (κ2) is 15.5. The zero-order chi connectivity index (χ0) is 38.9. The zero-order valence-electron chi connectivity index (χ0n) is 32.3. The minimum Gasteiger partial charge on any atom is -0.463 e. The number of amides is 2. The molecule has 2 amide bonds. The minimum absolute atomic E-state index is 0.0854. The summed E-state index contributed by atoms with van der Waals surface area (Å²) in [7, 11) is 0.639. The van der Waals surface area contributed by atoms with Gasteiger partial charge in [-0.2, -0.15) is 4.31 Å². The molecular formula is C39H53N5O6S2. The van der Waals surface area contributed by atoms with E-state index in [1.807, 2.05) is 96.6 Å². The third-order valence-corrected chi connectivity index (χ3v) is 12.9. The van der Waals surface area contributed by atoms with Crippen molar-refractivity contribution in [2.45, 2.75) is 90.2 Å². The molecule has 0 radical (unpaired) electrons. The summed E-state index contributed by atoms with van der Waals surface area (Å²) < 4.78 is 37.7. The summed E-state index contributed by atoms with van der Waals surface area (Å²) in [5.74, 6) is -1.57. The van der Waals surface area contributed by atoms with Crippen LogP contribution in [-0.2, 0) is 41.6 Å². The molecule has 0 saturated heterocycles. The third kappa shape index (κ3) is 8.11. The van der Waals surface area contributed by atoms with Crippen LogP contribution in [0, 0.1) is 11.3 Å². The summed E-state index contributed by atoms with van der Waals surface area (Å²) in [6.07, 6.45) is 3.64. The van der Waals surface area contributed by atoms with E-state index in [4.69, 9.17) is 4.74 Å². The van der Waals surface area contributed by atoms with Gasteiger partial charge in [0, 0.05) is 49.2 Å². The number of hydrogen-bond donors (Lipinski definition) is 1. The Balaban J connectivity index is 1.82. The van der Waals surface area contributed by atoms with Crippen LogP contribution >= 0.6 is 11.3 Å². The maximum absolute atomic E-state index is 14.9. The fourth-order valence-corrected chi connectivity index (χ4v) is 9.55. The molecule has 0 aliphatic rings. The lowest BCUT2D eigenvalue weighted by molar-refractivity contribution is -0.141. The van der Waals surface area contributed by atoms with Gasteiger partial charge >= 0.3 is 5.97 Å². The van der Waals surface area contributed by atoms with Crippen molar-refractivity contribution in [3.63, 3.8) is 0 Å². The average molecular weight is 752 g/mol. The van der Waals surface area contributed by atoms with Gasteiger partial charge in [-0.3, -0.25) is 9.59 Å². The molecule has 0 spiro atoms. The molecule has 0 saturated carbocycles. The van der Waals surface area contributed by atoms with E-state index in [-0.39, 0.29) is 22.8 Å². The maximum atomic E-state index is 14.9. The van der Waals surface area contributed by atoms with Crippen molar-refractivity contribution in [1.29, 1.82) is 0 Å². The molecule has 2 aromatic carbocycles. The Kier molecular flexibility index (Phi) is 12.1. The average Bonchev–Trinajstić information content (AvgIpc) is 3.67. The number of carbonyl (C=O) groups is 3. The molecule has 3 atom stereocenters. The van der Waals surface area contributed by atoms with Crippen LogP contribution in [-0.4, -0.2) is 83.8 Å². The van der Waals surface area contributed by atoms with Crippen molar-refractivity contribution < 1.29 is 27.5 Å². The molecule has 4 aromatic rings. The van der Waals surface area contributed by atoms with Gasteiger partial charge in [0.25, 0.3) is 10.0 Å². The van der Waals surface area contributed by atoms with Gasteiger partial charge in [0.15, 0.2) is 0 Å². The number of thiazole rings is 1. The topological polar surface area (TPSA) is 131 Å². The Bertz CT molecular complexity index is 2060.